The molecule has 0 bridgehead atoms. The molecule has 0 saturated carbocycles. The zero-order valence-electron chi connectivity index (χ0n) is 11.6. The molecule has 1 fully saturated rings. The molecule has 0 radical (unpaired) electrons. The van der Waals surface area contributed by atoms with Crippen LogP contribution < -0.4 is 0 Å². The highest BCUT2D eigenvalue weighted by atomic mass is 32.2. The van der Waals surface area contributed by atoms with Crippen LogP contribution in [-0.2, 0) is 14.8 Å². The zero-order chi connectivity index (χ0) is 14.9. The molecule has 1 saturated heterocycles. The number of nitrogens with zero attached hydrogens (tertiary/aromatic N) is 2. The number of carbonyl (C=O) groups is 1. The standard InChI is InChI=1S/C12H18N2O3S3/c1-9(2)13(3)12(15)10-7-18-8-14(10)20(16,17)11-5-4-6-19-11/h4-6,9-10H,7-8H2,1-3H3/t10-/m1/s1. The molecule has 1 atom stereocenters. The molecule has 1 amide bonds. The van der Waals surface area contributed by atoms with E-state index in [9.17, 15) is 13.2 Å². The monoisotopic (exact) mass is 334 g/mol. The molecule has 8 heteroatoms. The highest BCUT2D eigenvalue weighted by Gasteiger charge is 2.41. The summed E-state index contributed by atoms with van der Waals surface area (Å²) in [5.41, 5.74) is 0. The topological polar surface area (TPSA) is 57.7 Å². The van der Waals surface area contributed by atoms with Gasteiger partial charge in [-0.3, -0.25) is 4.79 Å². The third-order valence-electron chi connectivity index (χ3n) is 3.31. The first-order valence-electron chi connectivity index (χ1n) is 6.25. The second-order valence-corrected chi connectivity index (χ2v) is 8.95. The van der Waals surface area contributed by atoms with E-state index in [1.807, 2.05) is 13.8 Å². The molecule has 0 spiro atoms. The van der Waals surface area contributed by atoms with E-state index in [1.54, 1.807) is 29.5 Å². The molecular weight excluding hydrogens is 316 g/mol. The number of hydrogen-bond acceptors (Lipinski definition) is 5. The van der Waals surface area contributed by atoms with Gasteiger partial charge in [-0.25, -0.2) is 8.42 Å². The lowest BCUT2D eigenvalue weighted by Crippen LogP contribution is -2.49. The Morgan fingerprint density at radius 2 is 2.20 bits per heavy atom. The molecule has 0 aromatic carbocycles. The third-order valence-corrected chi connectivity index (χ3v) is 7.71. The molecule has 112 valence electrons. The first kappa shape index (κ1) is 15.8. The van der Waals surface area contributed by atoms with Crippen LogP contribution in [0.4, 0.5) is 0 Å². The minimum Gasteiger partial charge on any atom is -0.342 e. The van der Waals surface area contributed by atoms with Gasteiger partial charge in [-0.15, -0.1) is 23.1 Å². The SMILES string of the molecule is CC(C)N(C)C(=O)[C@H]1CSCN1S(=O)(=O)c1cccs1. The van der Waals surface area contributed by atoms with E-state index in [0.29, 0.717) is 15.8 Å². The summed E-state index contributed by atoms with van der Waals surface area (Å²) in [4.78, 5) is 14.0. The fourth-order valence-corrected chi connectivity index (χ4v) is 6.13. The number of sulfonamides is 1. The summed E-state index contributed by atoms with van der Waals surface area (Å²) >= 11 is 2.66. The number of carbonyl (C=O) groups excluding carboxylic acids is 1. The molecule has 1 aliphatic rings. The molecule has 1 aliphatic heterocycles. The Hall–Kier alpha value is -0.570. The summed E-state index contributed by atoms with van der Waals surface area (Å²) in [6.07, 6.45) is 0. The number of likely N-dealkylation sites (N-methyl/N-ethyl adjacent to an activating group) is 1. The summed E-state index contributed by atoms with van der Waals surface area (Å²) < 4.78 is 26.7. The van der Waals surface area contributed by atoms with Gasteiger partial charge in [-0.05, 0) is 25.3 Å². The fourth-order valence-electron chi connectivity index (χ4n) is 1.87. The smallest absolute Gasteiger partial charge is 0.254 e. The van der Waals surface area contributed by atoms with Gasteiger partial charge in [0.05, 0.1) is 5.88 Å². The van der Waals surface area contributed by atoms with Gasteiger partial charge in [0.2, 0.25) is 5.91 Å². The van der Waals surface area contributed by atoms with E-state index in [1.165, 1.54) is 27.4 Å². The Balaban J connectivity index is 2.26. The Morgan fingerprint density at radius 1 is 1.50 bits per heavy atom. The summed E-state index contributed by atoms with van der Waals surface area (Å²) in [5.74, 6) is 0.716. The van der Waals surface area contributed by atoms with E-state index >= 15 is 0 Å². The molecule has 0 unspecified atom stereocenters. The van der Waals surface area contributed by atoms with Gasteiger partial charge < -0.3 is 4.90 Å². The summed E-state index contributed by atoms with van der Waals surface area (Å²) in [6, 6.07) is 2.74. The van der Waals surface area contributed by atoms with Crippen LogP contribution in [0.25, 0.3) is 0 Å². The van der Waals surface area contributed by atoms with E-state index in [0.717, 1.165) is 0 Å². The van der Waals surface area contributed by atoms with Crippen LogP contribution in [0.1, 0.15) is 13.8 Å². The van der Waals surface area contributed by atoms with Crippen LogP contribution in [0.2, 0.25) is 0 Å². The number of amides is 1. The molecule has 20 heavy (non-hydrogen) atoms. The van der Waals surface area contributed by atoms with Crippen molar-refractivity contribution in [2.75, 3.05) is 18.7 Å². The summed E-state index contributed by atoms with van der Waals surface area (Å²) in [6.45, 7) is 3.83. The van der Waals surface area contributed by atoms with Crippen molar-refractivity contribution in [2.45, 2.75) is 30.1 Å². The minimum absolute atomic E-state index is 0.0550. The van der Waals surface area contributed by atoms with Crippen molar-refractivity contribution < 1.29 is 13.2 Å². The van der Waals surface area contributed by atoms with Crippen LogP contribution in [0.15, 0.2) is 21.7 Å². The van der Waals surface area contributed by atoms with Crippen molar-refractivity contribution in [1.29, 1.82) is 0 Å². The van der Waals surface area contributed by atoms with Crippen LogP contribution in [-0.4, -0.2) is 54.3 Å². The van der Waals surface area contributed by atoms with Crippen LogP contribution in [0.5, 0.6) is 0 Å². The quantitative estimate of drug-likeness (QED) is 0.840. The minimum atomic E-state index is -3.57. The van der Waals surface area contributed by atoms with Gasteiger partial charge in [-0.2, -0.15) is 4.31 Å². The molecular formula is C12H18N2O3S3. The van der Waals surface area contributed by atoms with Gasteiger partial charge in [-0.1, -0.05) is 6.07 Å². The Kier molecular flexibility index (Phi) is 4.78. The van der Waals surface area contributed by atoms with Gasteiger partial charge in [0.1, 0.15) is 10.3 Å². The Labute approximate surface area is 128 Å². The van der Waals surface area contributed by atoms with Crippen molar-refractivity contribution in [3.63, 3.8) is 0 Å². The predicted molar refractivity (Wildman–Crippen MR) is 82.4 cm³/mol. The third kappa shape index (κ3) is 2.88. The molecule has 0 N–H and O–H groups in total. The van der Waals surface area contributed by atoms with Gasteiger partial charge in [0.25, 0.3) is 10.0 Å². The lowest BCUT2D eigenvalue weighted by molar-refractivity contribution is -0.134. The molecule has 1 aromatic rings. The second-order valence-electron chi connectivity index (χ2n) is 4.88. The van der Waals surface area contributed by atoms with E-state index < -0.39 is 16.1 Å². The maximum absolute atomic E-state index is 12.6. The normalized spacial score (nSPS) is 20.5. The Bertz CT molecular complexity index is 569. The number of thiophene rings is 1. The molecule has 0 aliphatic carbocycles. The van der Waals surface area contributed by atoms with Crippen LogP contribution >= 0.6 is 23.1 Å². The van der Waals surface area contributed by atoms with Crippen molar-refractivity contribution >= 4 is 39.0 Å². The predicted octanol–water partition coefficient (Wildman–Crippen LogP) is 1.68. The maximum atomic E-state index is 12.6. The lowest BCUT2D eigenvalue weighted by Gasteiger charge is -2.28. The molecule has 2 heterocycles. The Morgan fingerprint density at radius 3 is 2.75 bits per heavy atom. The maximum Gasteiger partial charge on any atom is 0.254 e. The van der Waals surface area contributed by atoms with E-state index in [2.05, 4.69) is 0 Å². The molecule has 5 nitrogen and oxygen atoms in total. The number of thioether (sulfide) groups is 1. The number of hydrogen-bond donors (Lipinski definition) is 0. The van der Waals surface area contributed by atoms with Gasteiger partial charge in [0.15, 0.2) is 0 Å². The fraction of sp³-hybridized carbons (Fsp3) is 0.583. The average molecular weight is 334 g/mol. The first-order chi connectivity index (χ1) is 9.35. The lowest BCUT2D eigenvalue weighted by atomic mass is 10.2. The number of rotatable bonds is 4. The van der Waals surface area contributed by atoms with Crippen molar-refractivity contribution in [1.82, 2.24) is 9.21 Å². The first-order valence-corrected chi connectivity index (χ1v) is 9.73. The van der Waals surface area contributed by atoms with Gasteiger partial charge in [0, 0.05) is 18.8 Å². The highest BCUT2D eigenvalue weighted by Crippen LogP contribution is 2.31. The van der Waals surface area contributed by atoms with Crippen molar-refractivity contribution in [3.05, 3.63) is 17.5 Å². The summed E-state index contributed by atoms with van der Waals surface area (Å²) in [7, 11) is -1.85. The van der Waals surface area contributed by atoms with E-state index in [-0.39, 0.29) is 11.9 Å². The van der Waals surface area contributed by atoms with Crippen molar-refractivity contribution in [2.24, 2.45) is 0 Å². The highest BCUT2D eigenvalue weighted by molar-refractivity contribution is 8.01. The molecule has 1 aromatic heterocycles. The summed E-state index contributed by atoms with van der Waals surface area (Å²) in [5, 5.41) is 1.73. The second kappa shape index (κ2) is 6.05. The average Bonchev–Trinajstić information content (AvgIpc) is 3.07. The van der Waals surface area contributed by atoms with Crippen LogP contribution in [0.3, 0.4) is 0 Å². The van der Waals surface area contributed by atoms with Crippen LogP contribution in [0, 0.1) is 0 Å². The largest absolute Gasteiger partial charge is 0.342 e. The van der Waals surface area contributed by atoms with Crippen molar-refractivity contribution in [3.8, 4) is 0 Å². The van der Waals surface area contributed by atoms with E-state index in [4.69, 9.17) is 0 Å². The van der Waals surface area contributed by atoms with Gasteiger partial charge >= 0.3 is 0 Å². The zero-order valence-corrected chi connectivity index (χ0v) is 14.1. The molecule has 2 rings (SSSR count).